The minimum absolute atomic E-state index is 0. The summed E-state index contributed by atoms with van der Waals surface area (Å²) in [5.74, 6) is 0.522. The standard InChI is InChI=1S/C14H19N3O3.ClH/c15-6-7-16-13(18)9-20-12-3-1-2-11(8-12)17-14(19)10-4-5-10;/h1-3,8,10H,4-7,9,15H2,(H,16,18)(H,17,19);1H. The van der Waals surface area contributed by atoms with Crippen LogP contribution in [0.1, 0.15) is 12.8 Å². The predicted molar refractivity (Wildman–Crippen MR) is 82.6 cm³/mol. The van der Waals surface area contributed by atoms with Crippen LogP contribution < -0.4 is 21.1 Å². The number of anilines is 1. The van der Waals surface area contributed by atoms with E-state index in [-0.39, 0.29) is 36.7 Å². The topological polar surface area (TPSA) is 93.4 Å². The van der Waals surface area contributed by atoms with Crippen LogP contribution in [0.5, 0.6) is 5.75 Å². The van der Waals surface area contributed by atoms with Crippen molar-refractivity contribution in [2.45, 2.75) is 12.8 Å². The van der Waals surface area contributed by atoms with E-state index in [4.69, 9.17) is 10.5 Å². The second kappa shape index (κ2) is 8.49. The molecule has 4 N–H and O–H groups in total. The van der Waals surface area contributed by atoms with Gasteiger partial charge in [-0.25, -0.2) is 0 Å². The van der Waals surface area contributed by atoms with Gasteiger partial charge in [-0.1, -0.05) is 6.07 Å². The number of carbonyl (C=O) groups excluding carboxylic acids is 2. The molecular weight excluding hydrogens is 294 g/mol. The molecule has 21 heavy (non-hydrogen) atoms. The average molecular weight is 314 g/mol. The number of nitrogens with one attached hydrogen (secondary N) is 2. The molecule has 116 valence electrons. The first-order valence-corrected chi connectivity index (χ1v) is 6.69. The number of amides is 2. The predicted octanol–water partition coefficient (Wildman–Crippen LogP) is 0.911. The van der Waals surface area contributed by atoms with Crippen molar-refractivity contribution >= 4 is 29.9 Å². The van der Waals surface area contributed by atoms with E-state index in [0.717, 1.165) is 12.8 Å². The summed E-state index contributed by atoms with van der Waals surface area (Å²) in [6.07, 6.45) is 1.92. The van der Waals surface area contributed by atoms with Crippen molar-refractivity contribution in [2.24, 2.45) is 11.7 Å². The zero-order valence-corrected chi connectivity index (χ0v) is 12.4. The average Bonchev–Trinajstić information content (AvgIpc) is 3.28. The highest BCUT2D eigenvalue weighted by Gasteiger charge is 2.29. The highest BCUT2D eigenvalue weighted by molar-refractivity contribution is 5.94. The summed E-state index contributed by atoms with van der Waals surface area (Å²) in [7, 11) is 0. The lowest BCUT2D eigenvalue weighted by Gasteiger charge is -2.09. The molecule has 6 nitrogen and oxygen atoms in total. The van der Waals surface area contributed by atoms with Crippen LogP contribution in [-0.4, -0.2) is 31.5 Å². The summed E-state index contributed by atoms with van der Waals surface area (Å²) in [6, 6.07) is 7.01. The molecule has 0 bridgehead atoms. The lowest BCUT2D eigenvalue weighted by atomic mass is 10.3. The number of ether oxygens (including phenoxy) is 1. The molecule has 0 saturated heterocycles. The molecule has 1 aromatic rings. The molecule has 1 aromatic carbocycles. The summed E-state index contributed by atoms with van der Waals surface area (Å²) in [4.78, 5) is 23.0. The van der Waals surface area contributed by atoms with E-state index in [9.17, 15) is 9.59 Å². The quantitative estimate of drug-likeness (QED) is 0.697. The first-order valence-electron chi connectivity index (χ1n) is 6.69. The Hall–Kier alpha value is -1.79. The summed E-state index contributed by atoms with van der Waals surface area (Å²) < 4.78 is 5.36. The first kappa shape index (κ1) is 17.3. The van der Waals surface area contributed by atoms with E-state index < -0.39 is 0 Å². The number of halogens is 1. The van der Waals surface area contributed by atoms with Crippen LogP contribution in [0.2, 0.25) is 0 Å². The van der Waals surface area contributed by atoms with Crippen LogP contribution >= 0.6 is 12.4 Å². The lowest BCUT2D eigenvalue weighted by molar-refractivity contribution is -0.123. The highest BCUT2D eigenvalue weighted by Crippen LogP contribution is 2.30. The number of rotatable bonds is 7. The van der Waals surface area contributed by atoms with Crippen molar-refractivity contribution in [3.8, 4) is 5.75 Å². The van der Waals surface area contributed by atoms with Gasteiger partial charge in [0.2, 0.25) is 5.91 Å². The van der Waals surface area contributed by atoms with Crippen molar-refractivity contribution in [2.75, 3.05) is 25.0 Å². The van der Waals surface area contributed by atoms with E-state index in [0.29, 0.717) is 24.5 Å². The van der Waals surface area contributed by atoms with Crippen LogP contribution in [0, 0.1) is 5.92 Å². The van der Waals surface area contributed by atoms with Gasteiger partial charge >= 0.3 is 0 Å². The minimum atomic E-state index is -0.220. The third-order valence-corrected chi connectivity index (χ3v) is 2.89. The molecule has 0 spiro atoms. The fourth-order valence-electron chi connectivity index (χ4n) is 1.66. The minimum Gasteiger partial charge on any atom is -0.484 e. The molecule has 0 unspecified atom stereocenters. The maximum Gasteiger partial charge on any atom is 0.257 e. The van der Waals surface area contributed by atoms with Crippen molar-refractivity contribution < 1.29 is 14.3 Å². The molecule has 2 rings (SSSR count). The number of hydrogen-bond acceptors (Lipinski definition) is 4. The Kier molecular flexibility index (Phi) is 6.98. The van der Waals surface area contributed by atoms with Gasteiger partial charge in [0.05, 0.1) is 0 Å². The van der Waals surface area contributed by atoms with Crippen LogP contribution in [0.25, 0.3) is 0 Å². The van der Waals surface area contributed by atoms with Gasteiger partial charge in [-0.3, -0.25) is 9.59 Å². The molecule has 1 aliphatic carbocycles. The molecule has 0 heterocycles. The molecular formula is C14H20ClN3O3. The third kappa shape index (κ3) is 6.01. The monoisotopic (exact) mass is 313 g/mol. The van der Waals surface area contributed by atoms with Gasteiger partial charge in [0.1, 0.15) is 5.75 Å². The van der Waals surface area contributed by atoms with Gasteiger partial charge in [-0.05, 0) is 25.0 Å². The van der Waals surface area contributed by atoms with Gasteiger partial charge in [-0.2, -0.15) is 0 Å². The van der Waals surface area contributed by atoms with Crippen molar-refractivity contribution in [1.29, 1.82) is 0 Å². The number of benzene rings is 1. The summed E-state index contributed by atoms with van der Waals surface area (Å²) in [5, 5.41) is 5.44. The fraction of sp³-hybridized carbons (Fsp3) is 0.429. The van der Waals surface area contributed by atoms with Crippen molar-refractivity contribution in [3.63, 3.8) is 0 Å². The molecule has 7 heteroatoms. The lowest BCUT2D eigenvalue weighted by Crippen LogP contribution is -2.32. The third-order valence-electron chi connectivity index (χ3n) is 2.89. The molecule has 1 fully saturated rings. The van der Waals surface area contributed by atoms with Crippen LogP contribution in [0.3, 0.4) is 0 Å². The Morgan fingerprint density at radius 2 is 2.10 bits per heavy atom. The zero-order valence-electron chi connectivity index (χ0n) is 11.6. The van der Waals surface area contributed by atoms with E-state index in [1.807, 2.05) is 0 Å². The Labute approximate surface area is 129 Å². The Morgan fingerprint density at radius 3 is 2.76 bits per heavy atom. The van der Waals surface area contributed by atoms with E-state index in [1.54, 1.807) is 24.3 Å². The van der Waals surface area contributed by atoms with E-state index in [1.165, 1.54) is 0 Å². The molecule has 1 saturated carbocycles. The normalized spacial score (nSPS) is 13.0. The Morgan fingerprint density at radius 1 is 1.33 bits per heavy atom. The van der Waals surface area contributed by atoms with E-state index >= 15 is 0 Å². The molecule has 1 aliphatic rings. The van der Waals surface area contributed by atoms with Gasteiger partial charge in [0, 0.05) is 30.8 Å². The Balaban J connectivity index is 0.00000220. The van der Waals surface area contributed by atoms with Crippen LogP contribution in [0.15, 0.2) is 24.3 Å². The first-order chi connectivity index (χ1) is 9.69. The van der Waals surface area contributed by atoms with Gasteiger partial charge in [-0.15, -0.1) is 12.4 Å². The van der Waals surface area contributed by atoms with Crippen molar-refractivity contribution in [1.82, 2.24) is 5.32 Å². The maximum absolute atomic E-state index is 11.6. The van der Waals surface area contributed by atoms with Gasteiger partial charge < -0.3 is 21.1 Å². The summed E-state index contributed by atoms with van der Waals surface area (Å²) in [5.41, 5.74) is 5.97. The molecule has 0 atom stereocenters. The molecule has 0 radical (unpaired) electrons. The summed E-state index contributed by atoms with van der Waals surface area (Å²) in [6.45, 7) is 0.758. The van der Waals surface area contributed by atoms with Gasteiger partial charge in [0.25, 0.3) is 5.91 Å². The fourth-order valence-corrected chi connectivity index (χ4v) is 1.66. The van der Waals surface area contributed by atoms with Crippen LogP contribution in [0.4, 0.5) is 5.69 Å². The second-order valence-electron chi connectivity index (χ2n) is 4.72. The van der Waals surface area contributed by atoms with Crippen molar-refractivity contribution in [3.05, 3.63) is 24.3 Å². The number of hydrogen-bond donors (Lipinski definition) is 3. The molecule has 2 amide bonds. The second-order valence-corrected chi connectivity index (χ2v) is 4.72. The number of nitrogens with two attached hydrogens (primary N) is 1. The largest absolute Gasteiger partial charge is 0.484 e. The summed E-state index contributed by atoms with van der Waals surface area (Å²) >= 11 is 0. The SMILES string of the molecule is Cl.NCCNC(=O)COc1cccc(NC(=O)C2CC2)c1. The smallest absolute Gasteiger partial charge is 0.257 e. The molecule has 0 aromatic heterocycles. The van der Waals surface area contributed by atoms with Crippen LogP contribution in [-0.2, 0) is 9.59 Å². The highest BCUT2D eigenvalue weighted by atomic mass is 35.5. The number of carbonyl (C=O) groups is 2. The van der Waals surface area contributed by atoms with E-state index in [2.05, 4.69) is 10.6 Å². The Bertz CT molecular complexity index is 492. The maximum atomic E-state index is 11.6. The molecule has 0 aliphatic heterocycles. The van der Waals surface area contributed by atoms with Gasteiger partial charge in [0.15, 0.2) is 6.61 Å². The zero-order chi connectivity index (χ0) is 14.4.